The first-order chi connectivity index (χ1) is 17.5. The molecule has 0 aromatic heterocycles. The fourth-order valence-electron chi connectivity index (χ4n) is 5.73. The van der Waals surface area contributed by atoms with Crippen molar-refractivity contribution in [3.63, 3.8) is 0 Å². The van der Waals surface area contributed by atoms with Crippen LogP contribution in [-0.2, 0) is 19.1 Å². The highest BCUT2D eigenvalue weighted by molar-refractivity contribution is 6.23. The van der Waals surface area contributed by atoms with Gasteiger partial charge >= 0.3 is 6.16 Å². The molecule has 11 nitrogen and oxygen atoms in total. The Morgan fingerprint density at radius 3 is 2.19 bits per heavy atom. The molecule has 2 saturated heterocycles. The minimum atomic E-state index is -1.76. The Bertz CT molecular complexity index is 1250. The molecule has 3 amide bonds. The molecule has 11 heteroatoms. The van der Waals surface area contributed by atoms with Crippen LogP contribution in [0.4, 0.5) is 10.5 Å². The van der Waals surface area contributed by atoms with E-state index in [1.807, 2.05) is 0 Å². The topological polar surface area (TPSA) is 180 Å². The maximum absolute atomic E-state index is 14.0. The fraction of sp³-hybridized carbons (Fsp3) is 0.346. The monoisotopic (exact) mass is 507 g/mol. The molecule has 37 heavy (non-hydrogen) atoms. The van der Waals surface area contributed by atoms with E-state index < -0.39 is 53.4 Å². The number of imide groups is 1. The third-order valence-electron chi connectivity index (χ3n) is 7.18. The largest absolute Gasteiger partial charge is 0.507 e. The highest BCUT2D eigenvalue weighted by Gasteiger charge is 2.72. The zero-order chi connectivity index (χ0) is 27.1. The minimum Gasteiger partial charge on any atom is -0.450 e. The molecule has 2 aliphatic heterocycles. The smallest absolute Gasteiger partial charge is 0.450 e. The molecular weight excluding hydrogens is 478 g/mol. The lowest BCUT2D eigenvalue weighted by Gasteiger charge is -2.44. The molecule has 194 valence electrons. The molecule has 2 aliphatic rings. The Morgan fingerprint density at radius 2 is 1.68 bits per heavy atom. The van der Waals surface area contributed by atoms with Gasteiger partial charge in [0.25, 0.3) is 0 Å². The van der Waals surface area contributed by atoms with Crippen LogP contribution in [0.25, 0.3) is 0 Å². The predicted octanol–water partition coefficient (Wildman–Crippen LogP) is 2.06. The number of likely N-dealkylation sites (tertiary alicyclic amines) is 1. The van der Waals surface area contributed by atoms with Crippen LogP contribution >= 0.6 is 0 Å². The number of nitrogen functional groups attached to an aromatic ring is 1. The van der Waals surface area contributed by atoms with Gasteiger partial charge in [0, 0.05) is 24.4 Å². The third-order valence-corrected chi connectivity index (χ3v) is 7.18. The number of nitrogens with two attached hydrogens (primary N) is 2. The van der Waals surface area contributed by atoms with Gasteiger partial charge in [0.15, 0.2) is 5.72 Å². The number of amides is 3. The predicted molar refractivity (Wildman–Crippen MR) is 133 cm³/mol. The number of carboxylic acid groups (broad SMARTS) is 1. The summed E-state index contributed by atoms with van der Waals surface area (Å²) >= 11 is 0. The average molecular weight is 508 g/mol. The lowest BCUT2D eigenvalue weighted by molar-refractivity contribution is -0.173. The molecule has 0 radical (unpaired) electrons. The maximum Gasteiger partial charge on any atom is 0.507 e. The number of benzene rings is 2. The summed E-state index contributed by atoms with van der Waals surface area (Å²) in [6, 6.07) is 14.2. The molecule has 4 rings (SSSR count). The minimum absolute atomic E-state index is 0.0428. The molecule has 4 unspecified atom stereocenters. The first kappa shape index (κ1) is 25.8. The number of rotatable bonds is 8. The summed E-state index contributed by atoms with van der Waals surface area (Å²) in [4.78, 5) is 54.5. The van der Waals surface area contributed by atoms with Gasteiger partial charge in [-0.05, 0) is 17.7 Å². The van der Waals surface area contributed by atoms with Crippen molar-refractivity contribution < 1.29 is 29.0 Å². The highest BCUT2D eigenvalue weighted by Crippen LogP contribution is 2.58. The van der Waals surface area contributed by atoms with Crippen LogP contribution in [0.2, 0.25) is 0 Å². The van der Waals surface area contributed by atoms with Crippen molar-refractivity contribution in [1.29, 1.82) is 5.41 Å². The number of para-hydroxylation sites is 1. The Balaban J connectivity index is 1.95. The summed E-state index contributed by atoms with van der Waals surface area (Å²) in [6.07, 6.45) is -1.76. The Kier molecular flexibility index (Phi) is 6.74. The van der Waals surface area contributed by atoms with Crippen molar-refractivity contribution in [2.75, 3.05) is 11.4 Å². The van der Waals surface area contributed by atoms with Gasteiger partial charge in [-0.15, -0.1) is 0 Å². The third kappa shape index (κ3) is 4.20. The van der Waals surface area contributed by atoms with E-state index in [9.17, 15) is 24.3 Å². The van der Waals surface area contributed by atoms with Gasteiger partial charge in [-0.1, -0.05) is 56.3 Å². The molecule has 0 bridgehead atoms. The van der Waals surface area contributed by atoms with Crippen LogP contribution in [0.15, 0.2) is 54.6 Å². The van der Waals surface area contributed by atoms with E-state index in [-0.39, 0.29) is 18.8 Å². The fourth-order valence-corrected chi connectivity index (χ4v) is 5.73. The summed E-state index contributed by atoms with van der Waals surface area (Å²) in [5.74, 6) is -4.62. The number of fused-ring (bicyclic) bond motifs is 1. The summed E-state index contributed by atoms with van der Waals surface area (Å²) in [5.41, 5.74) is 10.7. The van der Waals surface area contributed by atoms with E-state index in [4.69, 9.17) is 21.6 Å². The van der Waals surface area contributed by atoms with E-state index in [0.717, 1.165) is 4.90 Å². The molecule has 0 spiro atoms. The van der Waals surface area contributed by atoms with Crippen molar-refractivity contribution in [1.82, 2.24) is 4.90 Å². The second kappa shape index (κ2) is 9.66. The van der Waals surface area contributed by atoms with Crippen molar-refractivity contribution >= 4 is 35.4 Å². The second-order valence-corrected chi connectivity index (χ2v) is 9.52. The van der Waals surface area contributed by atoms with Crippen molar-refractivity contribution in [3.8, 4) is 0 Å². The van der Waals surface area contributed by atoms with Crippen LogP contribution in [0, 0.1) is 23.2 Å². The number of nitrogens with one attached hydrogen (secondary N) is 1. The molecular formula is C26H29N5O6. The zero-order valence-electron chi connectivity index (χ0n) is 20.5. The van der Waals surface area contributed by atoms with Gasteiger partial charge in [-0.25, -0.2) is 9.69 Å². The molecule has 2 aromatic rings. The summed E-state index contributed by atoms with van der Waals surface area (Å²) in [5, 5.41) is 17.5. The van der Waals surface area contributed by atoms with Crippen LogP contribution in [-0.4, -0.2) is 52.0 Å². The Hall–Kier alpha value is -4.25. The number of amidine groups is 1. The normalized spacial score (nSPS) is 25.4. The van der Waals surface area contributed by atoms with E-state index in [2.05, 4.69) is 0 Å². The van der Waals surface area contributed by atoms with Crippen molar-refractivity contribution in [2.45, 2.75) is 32.0 Å². The number of carbonyl (C=O) groups is 4. The summed E-state index contributed by atoms with van der Waals surface area (Å²) in [6.45, 7) is 3.38. The SMILES string of the molecule is CC(C)C1(OC(=O)O)C2C(=O)N(c3ccccc3)C(=O)C2C(c2ccc(C(=N)N)cc2)N1CCC(N)=O. The first-order valence-corrected chi connectivity index (χ1v) is 11.8. The van der Waals surface area contributed by atoms with Crippen LogP contribution in [0.3, 0.4) is 0 Å². The molecule has 6 N–H and O–H groups in total. The van der Waals surface area contributed by atoms with Crippen LogP contribution < -0.4 is 16.4 Å². The van der Waals surface area contributed by atoms with Crippen LogP contribution in [0.1, 0.15) is 37.4 Å². The number of carbonyl (C=O) groups excluding carboxylic acids is 3. The zero-order valence-corrected chi connectivity index (χ0v) is 20.5. The molecule has 2 heterocycles. The number of hydrogen-bond acceptors (Lipinski definition) is 7. The molecule has 2 aromatic carbocycles. The molecule has 0 aliphatic carbocycles. The number of nitrogens with zero attached hydrogens (tertiary/aromatic N) is 2. The standard InChI is InChI=1S/C26H29N5O6/c1-14(2)26(37-25(35)36)20-19(23(33)31(24(20)34)17-6-4-3-5-7-17)21(30(26)13-12-18(27)32)15-8-10-16(11-9-15)22(28)29/h3-11,14,19-21H,12-13H2,1-2H3,(H2,27,32)(H3,28,29)(H,35,36). The van der Waals surface area contributed by atoms with E-state index >= 15 is 0 Å². The first-order valence-electron chi connectivity index (χ1n) is 11.8. The van der Waals surface area contributed by atoms with Gasteiger partial charge < -0.3 is 21.3 Å². The lowest BCUT2D eigenvalue weighted by atomic mass is 9.80. The van der Waals surface area contributed by atoms with Gasteiger partial charge in [0.1, 0.15) is 11.8 Å². The second-order valence-electron chi connectivity index (χ2n) is 9.52. The molecule has 2 fully saturated rings. The van der Waals surface area contributed by atoms with Gasteiger partial charge in [0.2, 0.25) is 17.7 Å². The van der Waals surface area contributed by atoms with Gasteiger partial charge in [-0.3, -0.25) is 24.7 Å². The van der Waals surface area contributed by atoms with Crippen LogP contribution in [0.5, 0.6) is 0 Å². The summed E-state index contributed by atoms with van der Waals surface area (Å²) in [7, 11) is 0. The molecule has 4 atom stereocenters. The molecule has 0 saturated carbocycles. The van der Waals surface area contributed by atoms with E-state index in [0.29, 0.717) is 16.8 Å². The van der Waals surface area contributed by atoms with Gasteiger partial charge in [0.05, 0.1) is 17.6 Å². The highest BCUT2D eigenvalue weighted by atomic mass is 16.7. The number of anilines is 1. The van der Waals surface area contributed by atoms with E-state index in [1.54, 1.807) is 73.3 Å². The van der Waals surface area contributed by atoms with Crippen molar-refractivity contribution in [3.05, 3.63) is 65.7 Å². The van der Waals surface area contributed by atoms with Crippen molar-refractivity contribution in [2.24, 2.45) is 29.2 Å². The Morgan fingerprint density at radius 1 is 1.05 bits per heavy atom. The van der Waals surface area contributed by atoms with E-state index in [1.165, 1.54) is 0 Å². The summed E-state index contributed by atoms with van der Waals surface area (Å²) < 4.78 is 5.57. The van der Waals surface area contributed by atoms with Gasteiger partial charge in [-0.2, -0.15) is 0 Å². The maximum atomic E-state index is 14.0. The Labute approximate surface area is 213 Å². The average Bonchev–Trinajstić information content (AvgIpc) is 3.27. The quantitative estimate of drug-likeness (QED) is 0.181. The number of primary amides is 1. The number of ether oxygens (including phenoxy) is 1. The number of hydrogen-bond donors (Lipinski definition) is 4. The lowest BCUT2D eigenvalue weighted by Crippen LogP contribution is -2.58.